The Morgan fingerprint density at radius 3 is 2.71 bits per heavy atom. The molecule has 0 aliphatic carbocycles. The fourth-order valence-corrected chi connectivity index (χ4v) is 3.20. The maximum absolute atomic E-state index is 10.2. The van der Waals surface area contributed by atoms with E-state index in [2.05, 4.69) is 25.2 Å². The van der Waals surface area contributed by atoms with Gasteiger partial charge in [-0.05, 0) is 59.8 Å². The highest BCUT2D eigenvalue weighted by atomic mass is 16.3. The van der Waals surface area contributed by atoms with Gasteiger partial charge < -0.3 is 10.1 Å². The van der Waals surface area contributed by atoms with Crippen LogP contribution >= 0.6 is 0 Å². The van der Waals surface area contributed by atoms with Gasteiger partial charge in [0.2, 0.25) is 0 Å². The summed E-state index contributed by atoms with van der Waals surface area (Å²) in [6.45, 7) is 0. The Balaban J connectivity index is 1.56. The highest BCUT2D eigenvalue weighted by Crippen LogP contribution is 2.26. The van der Waals surface area contributed by atoms with Crippen molar-refractivity contribution in [1.29, 1.82) is 0 Å². The van der Waals surface area contributed by atoms with Crippen LogP contribution in [0.1, 0.15) is 11.3 Å². The highest BCUT2D eigenvalue weighted by Gasteiger charge is 2.10. The Bertz CT molecular complexity index is 1370. The largest absolute Gasteiger partial charge is 0.494 e. The molecule has 1 aromatic carbocycles. The molecule has 0 saturated heterocycles. The molecule has 0 unspecified atom stereocenters. The lowest BCUT2D eigenvalue weighted by molar-refractivity contribution is 0.457. The van der Waals surface area contributed by atoms with Gasteiger partial charge in [-0.25, -0.2) is 4.98 Å². The van der Waals surface area contributed by atoms with Crippen molar-refractivity contribution >= 4 is 34.6 Å². The third kappa shape index (κ3) is 2.87. The minimum Gasteiger partial charge on any atom is -0.494 e. The van der Waals surface area contributed by atoms with Gasteiger partial charge in [0.25, 0.3) is 0 Å². The summed E-state index contributed by atoms with van der Waals surface area (Å²) in [5, 5.41) is 21.5. The molecule has 5 rings (SSSR count). The average molecular weight is 365 g/mol. The van der Waals surface area contributed by atoms with Crippen LogP contribution in [0.2, 0.25) is 0 Å². The van der Waals surface area contributed by atoms with Crippen molar-refractivity contribution < 1.29 is 5.11 Å². The van der Waals surface area contributed by atoms with Crippen LogP contribution in [-0.4, -0.2) is 20.1 Å². The van der Waals surface area contributed by atoms with E-state index in [4.69, 9.17) is 0 Å². The lowest BCUT2D eigenvalue weighted by atomic mass is 10.1. The maximum atomic E-state index is 10.2. The molecule has 1 aliphatic heterocycles. The van der Waals surface area contributed by atoms with Gasteiger partial charge in [-0.3, -0.25) is 4.98 Å². The van der Waals surface area contributed by atoms with Gasteiger partial charge in [-0.1, -0.05) is 12.1 Å². The Morgan fingerprint density at radius 1 is 0.893 bits per heavy atom. The summed E-state index contributed by atoms with van der Waals surface area (Å²) in [6, 6.07) is 15.5. The fraction of sp³-hybridized carbons (Fsp3) is 0. The van der Waals surface area contributed by atoms with Crippen molar-refractivity contribution in [3.8, 4) is 5.88 Å². The van der Waals surface area contributed by atoms with Gasteiger partial charge >= 0.3 is 0 Å². The van der Waals surface area contributed by atoms with E-state index < -0.39 is 0 Å². The number of H-pyrrole nitrogens is 1. The van der Waals surface area contributed by atoms with E-state index in [1.807, 2.05) is 66.8 Å². The molecule has 4 aromatic rings. The summed E-state index contributed by atoms with van der Waals surface area (Å²) in [4.78, 5) is 11.4. The van der Waals surface area contributed by atoms with Crippen LogP contribution in [0, 0.1) is 0 Å². The third-order valence-electron chi connectivity index (χ3n) is 4.56. The molecule has 1 aliphatic rings. The first kappa shape index (κ1) is 16.1. The Morgan fingerprint density at radius 2 is 1.82 bits per heavy atom. The standard InChI is InChI=1S/C22H15N5O/c28-22-18(16-5-3-11-24-21(16)25-22)12-14-6-8-17-19(26-27-20(17)13-14)9-7-15-4-1-2-10-23-15/h1-13,28H,(H,24,25)/b9-7+,14-12?. The minimum absolute atomic E-state index is 0.0985. The van der Waals surface area contributed by atoms with Gasteiger partial charge in [0.15, 0.2) is 5.88 Å². The van der Waals surface area contributed by atoms with Crippen LogP contribution in [0.15, 0.2) is 77.2 Å². The smallest absolute Gasteiger partial charge is 0.198 e. The number of pyridine rings is 2. The number of hydrogen-bond donors (Lipinski definition) is 2. The minimum atomic E-state index is 0.0985. The van der Waals surface area contributed by atoms with E-state index in [0.717, 1.165) is 32.9 Å². The van der Waals surface area contributed by atoms with E-state index in [9.17, 15) is 5.11 Å². The molecule has 4 heterocycles. The van der Waals surface area contributed by atoms with E-state index in [-0.39, 0.29) is 5.88 Å². The molecule has 3 aromatic heterocycles. The van der Waals surface area contributed by atoms with Crippen LogP contribution in [0.25, 0.3) is 28.9 Å². The van der Waals surface area contributed by atoms with Crippen molar-refractivity contribution in [2.75, 3.05) is 0 Å². The average Bonchev–Trinajstić information content (AvgIpc) is 3.28. The van der Waals surface area contributed by atoms with Crippen molar-refractivity contribution in [3.63, 3.8) is 0 Å². The summed E-state index contributed by atoms with van der Waals surface area (Å²) < 4.78 is 0. The molecular weight excluding hydrogens is 350 g/mol. The molecule has 28 heavy (non-hydrogen) atoms. The number of fused-ring (bicyclic) bond motifs is 2. The van der Waals surface area contributed by atoms with Crippen molar-refractivity contribution in [3.05, 3.63) is 88.7 Å². The third-order valence-corrected chi connectivity index (χ3v) is 4.56. The molecule has 0 atom stereocenters. The number of nitrogens with one attached hydrogen (secondary N) is 1. The molecule has 0 amide bonds. The van der Waals surface area contributed by atoms with Crippen molar-refractivity contribution in [1.82, 2.24) is 15.0 Å². The highest BCUT2D eigenvalue weighted by molar-refractivity contribution is 5.89. The van der Waals surface area contributed by atoms with Crippen LogP contribution < -0.4 is 10.4 Å². The zero-order valence-corrected chi connectivity index (χ0v) is 14.7. The van der Waals surface area contributed by atoms with Gasteiger partial charge in [-0.15, -0.1) is 10.2 Å². The number of aromatic nitrogens is 3. The number of aromatic hydroxyl groups is 1. The quantitative estimate of drug-likeness (QED) is 0.583. The zero-order chi connectivity index (χ0) is 18.9. The van der Waals surface area contributed by atoms with E-state index >= 15 is 0 Å². The molecule has 134 valence electrons. The number of benzene rings is 1. The fourth-order valence-electron chi connectivity index (χ4n) is 3.20. The predicted octanol–water partition coefficient (Wildman–Crippen LogP) is 3.41. The Labute approximate surface area is 160 Å². The summed E-state index contributed by atoms with van der Waals surface area (Å²) in [5.41, 5.74) is 3.82. The molecule has 0 bridgehead atoms. The molecule has 6 heteroatoms. The van der Waals surface area contributed by atoms with Gasteiger partial charge in [0.05, 0.1) is 17.1 Å². The van der Waals surface area contributed by atoms with Crippen LogP contribution in [0.4, 0.5) is 5.69 Å². The monoisotopic (exact) mass is 365 g/mol. The number of rotatable bonds is 3. The molecule has 0 radical (unpaired) electrons. The first-order valence-electron chi connectivity index (χ1n) is 8.80. The molecule has 2 N–H and O–H groups in total. The maximum Gasteiger partial charge on any atom is 0.198 e. The summed E-state index contributed by atoms with van der Waals surface area (Å²) in [7, 11) is 0. The normalized spacial score (nSPS) is 13.7. The lowest BCUT2D eigenvalue weighted by Gasteiger charge is -1.94. The first-order chi connectivity index (χ1) is 13.8. The number of aromatic amines is 1. The second kappa shape index (κ2) is 6.59. The van der Waals surface area contributed by atoms with Crippen LogP contribution in [-0.2, 0) is 0 Å². The van der Waals surface area contributed by atoms with Crippen LogP contribution in [0.5, 0.6) is 5.88 Å². The van der Waals surface area contributed by atoms with Gasteiger partial charge in [0.1, 0.15) is 5.65 Å². The van der Waals surface area contributed by atoms with E-state index in [1.165, 1.54) is 0 Å². The number of hydrogen-bond acceptors (Lipinski definition) is 5. The molecule has 0 saturated carbocycles. The lowest BCUT2D eigenvalue weighted by Crippen LogP contribution is -2.08. The van der Waals surface area contributed by atoms with E-state index in [0.29, 0.717) is 11.2 Å². The second-order valence-corrected chi connectivity index (χ2v) is 6.38. The van der Waals surface area contributed by atoms with Gasteiger partial charge in [0, 0.05) is 28.6 Å². The first-order valence-corrected chi connectivity index (χ1v) is 8.80. The number of nitrogens with zero attached hydrogens (tertiary/aromatic N) is 4. The topological polar surface area (TPSA) is 86.5 Å². The second-order valence-electron chi connectivity index (χ2n) is 6.38. The zero-order valence-electron chi connectivity index (χ0n) is 14.7. The summed E-state index contributed by atoms with van der Waals surface area (Å²) in [5.74, 6) is 0.0985. The van der Waals surface area contributed by atoms with Crippen LogP contribution in [0.3, 0.4) is 0 Å². The Hall–Kier alpha value is -4.06. The van der Waals surface area contributed by atoms with E-state index in [1.54, 1.807) is 12.4 Å². The molecule has 0 fully saturated rings. The Kier molecular flexibility index (Phi) is 3.80. The molecule has 6 nitrogen and oxygen atoms in total. The number of azo groups is 1. The van der Waals surface area contributed by atoms with Crippen molar-refractivity contribution in [2.24, 2.45) is 10.2 Å². The summed E-state index contributed by atoms with van der Waals surface area (Å²) >= 11 is 0. The molecular formula is C22H15N5O. The summed E-state index contributed by atoms with van der Waals surface area (Å²) in [6.07, 6.45) is 9.19. The predicted molar refractivity (Wildman–Crippen MR) is 108 cm³/mol. The van der Waals surface area contributed by atoms with Crippen molar-refractivity contribution in [2.45, 2.75) is 0 Å². The molecule has 0 spiro atoms. The van der Waals surface area contributed by atoms with Gasteiger partial charge in [-0.2, -0.15) is 0 Å². The SMILES string of the molecule is Oc1[nH]c2ncccc2c1C=c1ccc2c(c1)N=NC=2/C=C/c1ccccn1.